The van der Waals surface area contributed by atoms with E-state index in [1.54, 1.807) is 23.8 Å². The van der Waals surface area contributed by atoms with Gasteiger partial charge in [-0.3, -0.25) is 4.79 Å². The molecule has 0 aromatic carbocycles. The second-order valence-electron chi connectivity index (χ2n) is 5.44. The molecule has 2 saturated heterocycles. The monoisotopic (exact) mass is 266 g/mol. The molecule has 2 aliphatic heterocycles. The van der Waals surface area contributed by atoms with Crippen molar-refractivity contribution in [2.75, 3.05) is 31.1 Å². The molecule has 0 N–H and O–H groups in total. The quantitative estimate of drug-likeness (QED) is 0.770. The van der Waals surface area contributed by atoms with Gasteiger partial charge in [-0.2, -0.15) is 0 Å². The van der Waals surface area contributed by atoms with E-state index in [0.717, 1.165) is 44.2 Å². The molecule has 0 unspecified atom stereocenters. The van der Waals surface area contributed by atoms with Gasteiger partial charge in [0.2, 0.25) is 11.0 Å². The zero-order valence-corrected chi connectivity index (χ0v) is 11.4. The topological polar surface area (TPSA) is 49.3 Å². The molecule has 0 bridgehead atoms. The van der Waals surface area contributed by atoms with Crippen molar-refractivity contribution in [3.05, 3.63) is 5.51 Å². The second kappa shape index (κ2) is 4.50. The number of rotatable bonds is 1. The molecule has 18 heavy (non-hydrogen) atoms. The Morgan fingerprint density at radius 3 is 3.00 bits per heavy atom. The van der Waals surface area contributed by atoms with E-state index in [1.807, 2.05) is 4.90 Å². The third kappa shape index (κ3) is 2.09. The Hall–Kier alpha value is -1.17. The van der Waals surface area contributed by atoms with Crippen molar-refractivity contribution in [1.29, 1.82) is 0 Å². The lowest BCUT2D eigenvalue weighted by Gasteiger charge is -2.39. The fraction of sp³-hybridized carbons (Fsp3) is 0.750. The van der Waals surface area contributed by atoms with Crippen LogP contribution in [0.15, 0.2) is 5.51 Å². The number of carbonyl (C=O) groups is 1. The first kappa shape index (κ1) is 11.9. The predicted molar refractivity (Wildman–Crippen MR) is 70.7 cm³/mol. The number of likely N-dealkylation sites (tertiary alicyclic amines) is 1. The number of hydrogen-bond donors (Lipinski definition) is 0. The van der Waals surface area contributed by atoms with Gasteiger partial charge in [0.15, 0.2) is 0 Å². The summed E-state index contributed by atoms with van der Waals surface area (Å²) < 4.78 is 0. The maximum atomic E-state index is 11.5. The van der Waals surface area contributed by atoms with Crippen LogP contribution in [0.25, 0.3) is 0 Å². The molecule has 0 aliphatic carbocycles. The van der Waals surface area contributed by atoms with E-state index < -0.39 is 0 Å². The van der Waals surface area contributed by atoms with Crippen LogP contribution in [0.5, 0.6) is 0 Å². The zero-order valence-electron chi connectivity index (χ0n) is 10.6. The van der Waals surface area contributed by atoms with Crippen molar-refractivity contribution in [2.45, 2.75) is 26.2 Å². The molecule has 6 heteroatoms. The van der Waals surface area contributed by atoms with E-state index in [1.165, 1.54) is 6.42 Å². The van der Waals surface area contributed by atoms with E-state index in [-0.39, 0.29) is 11.3 Å². The van der Waals surface area contributed by atoms with Gasteiger partial charge in [-0.1, -0.05) is 11.3 Å². The Morgan fingerprint density at radius 2 is 2.28 bits per heavy atom. The van der Waals surface area contributed by atoms with E-state index in [4.69, 9.17) is 0 Å². The Kier molecular flexibility index (Phi) is 2.97. The average molecular weight is 266 g/mol. The van der Waals surface area contributed by atoms with Gasteiger partial charge < -0.3 is 9.80 Å². The van der Waals surface area contributed by atoms with Crippen LogP contribution in [0, 0.1) is 5.41 Å². The van der Waals surface area contributed by atoms with Crippen LogP contribution in [-0.2, 0) is 4.79 Å². The van der Waals surface area contributed by atoms with Crippen molar-refractivity contribution >= 4 is 22.4 Å². The summed E-state index contributed by atoms with van der Waals surface area (Å²) in [5.41, 5.74) is 2.07. The number of aromatic nitrogens is 2. The van der Waals surface area contributed by atoms with Crippen LogP contribution in [-0.4, -0.2) is 47.2 Å². The van der Waals surface area contributed by atoms with Gasteiger partial charge >= 0.3 is 0 Å². The largest absolute Gasteiger partial charge is 0.346 e. The highest BCUT2D eigenvalue weighted by Crippen LogP contribution is 2.40. The van der Waals surface area contributed by atoms with Crippen LogP contribution in [0.4, 0.5) is 5.13 Å². The number of anilines is 1. The summed E-state index contributed by atoms with van der Waals surface area (Å²) in [5, 5.41) is 9.07. The summed E-state index contributed by atoms with van der Waals surface area (Å²) >= 11 is 1.60. The van der Waals surface area contributed by atoms with E-state index >= 15 is 0 Å². The third-order valence-electron chi connectivity index (χ3n) is 4.16. The molecule has 3 rings (SSSR count). The van der Waals surface area contributed by atoms with Crippen LogP contribution < -0.4 is 4.90 Å². The molecular weight excluding hydrogens is 248 g/mol. The molecule has 2 aliphatic rings. The first-order valence-electron chi connectivity index (χ1n) is 6.45. The van der Waals surface area contributed by atoms with Gasteiger partial charge in [-0.25, -0.2) is 0 Å². The molecule has 1 amide bonds. The van der Waals surface area contributed by atoms with Gasteiger partial charge in [-0.05, 0) is 19.3 Å². The lowest BCUT2D eigenvalue weighted by Crippen LogP contribution is -2.46. The number of piperidine rings is 1. The fourth-order valence-corrected chi connectivity index (χ4v) is 3.80. The molecule has 1 spiro atoms. The summed E-state index contributed by atoms with van der Waals surface area (Å²) in [5.74, 6) is 0.212. The van der Waals surface area contributed by atoms with Crippen LogP contribution in [0.1, 0.15) is 26.2 Å². The molecule has 0 saturated carbocycles. The number of nitrogens with zero attached hydrogens (tertiary/aromatic N) is 4. The maximum absolute atomic E-state index is 11.5. The van der Waals surface area contributed by atoms with Gasteiger partial charge in [0.05, 0.1) is 0 Å². The highest BCUT2D eigenvalue weighted by Gasteiger charge is 2.42. The smallest absolute Gasteiger partial charge is 0.219 e. The molecule has 0 radical (unpaired) electrons. The standard InChI is InChI=1S/C12H18N4OS/c1-10(17)15-5-2-3-12(7-15)4-6-16(8-12)11-14-13-9-18-11/h9H,2-8H2,1H3/t12-/m0/s1. The first-order chi connectivity index (χ1) is 8.69. The Labute approximate surface area is 111 Å². The summed E-state index contributed by atoms with van der Waals surface area (Å²) in [6.07, 6.45) is 3.52. The summed E-state index contributed by atoms with van der Waals surface area (Å²) in [7, 11) is 0. The Morgan fingerprint density at radius 1 is 1.39 bits per heavy atom. The van der Waals surface area contributed by atoms with Crippen LogP contribution >= 0.6 is 11.3 Å². The molecule has 1 aromatic rings. The van der Waals surface area contributed by atoms with Crippen LogP contribution in [0.3, 0.4) is 0 Å². The van der Waals surface area contributed by atoms with E-state index in [9.17, 15) is 4.79 Å². The average Bonchev–Trinajstić information content (AvgIpc) is 2.99. The fourth-order valence-electron chi connectivity index (χ4n) is 3.21. The molecular formula is C12H18N4OS. The van der Waals surface area contributed by atoms with Crippen molar-refractivity contribution in [3.63, 3.8) is 0 Å². The SMILES string of the molecule is CC(=O)N1CCC[C@]2(CCN(c3nncs3)C2)C1. The van der Waals surface area contributed by atoms with E-state index in [2.05, 4.69) is 15.1 Å². The van der Waals surface area contributed by atoms with Crippen molar-refractivity contribution in [2.24, 2.45) is 5.41 Å². The lowest BCUT2D eigenvalue weighted by molar-refractivity contribution is -0.132. The predicted octanol–water partition coefficient (Wildman–Crippen LogP) is 1.38. The van der Waals surface area contributed by atoms with Crippen molar-refractivity contribution in [1.82, 2.24) is 15.1 Å². The zero-order chi connectivity index (χ0) is 12.6. The maximum Gasteiger partial charge on any atom is 0.219 e. The van der Waals surface area contributed by atoms with Gasteiger partial charge in [0, 0.05) is 38.5 Å². The highest BCUT2D eigenvalue weighted by atomic mass is 32.1. The molecule has 5 nitrogen and oxygen atoms in total. The lowest BCUT2D eigenvalue weighted by atomic mass is 9.79. The second-order valence-corrected chi connectivity index (χ2v) is 6.25. The highest BCUT2D eigenvalue weighted by molar-refractivity contribution is 7.13. The summed E-state index contributed by atoms with van der Waals surface area (Å²) in [4.78, 5) is 15.9. The van der Waals surface area contributed by atoms with Gasteiger partial charge in [-0.15, -0.1) is 10.2 Å². The molecule has 3 heterocycles. The Balaban J connectivity index is 1.71. The number of amides is 1. The van der Waals surface area contributed by atoms with Gasteiger partial charge in [0.25, 0.3) is 0 Å². The minimum absolute atomic E-state index is 0.212. The van der Waals surface area contributed by atoms with Gasteiger partial charge in [0.1, 0.15) is 5.51 Å². The molecule has 2 fully saturated rings. The summed E-state index contributed by atoms with van der Waals surface area (Å²) in [6, 6.07) is 0. The molecule has 1 aromatic heterocycles. The van der Waals surface area contributed by atoms with Crippen molar-refractivity contribution in [3.8, 4) is 0 Å². The molecule has 98 valence electrons. The van der Waals surface area contributed by atoms with Crippen LogP contribution in [0.2, 0.25) is 0 Å². The number of hydrogen-bond acceptors (Lipinski definition) is 5. The minimum Gasteiger partial charge on any atom is -0.346 e. The molecule has 1 atom stereocenters. The minimum atomic E-state index is 0.212. The third-order valence-corrected chi connectivity index (χ3v) is 4.91. The number of carbonyl (C=O) groups excluding carboxylic acids is 1. The van der Waals surface area contributed by atoms with Crippen molar-refractivity contribution < 1.29 is 4.79 Å². The first-order valence-corrected chi connectivity index (χ1v) is 7.33. The Bertz CT molecular complexity index is 435. The normalized spacial score (nSPS) is 28.1. The van der Waals surface area contributed by atoms with E-state index in [0.29, 0.717) is 0 Å². The summed E-state index contributed by atoms with van der Waals surface area (Å²) in [6.45, 7) is 5.58.